The SMILES string of the molecule is CCC(CS(=O)(=O)c1ccccc1)NC(=NCc1ccccc1)N(C)C. The summed E-state index contributed by atoms with van der Waals surface area (Å²) in [5.41, 5.74) is 1.11. The number of hydrogen-bond acceptors (Lipinski definition) is 3. The zero-order chi connectivity index (χ0) is 19.0. The third-order valence-corrected chi connectivity index (χ3v) is 5.86. The van der Waals surface area contributed by atoms with Crippen molar-refractivity contribution in [2.75, 3.05) is 19.8 Å². The van der Waals surface area contributed by atoms with Crippen molar-refractivity contribution in [1.82, 2.24) is 10.2 Å². The van der Waals surface area contributed by atoms with E-state index in [9.17, 15) is 8.42 Å². The van der Waals surface area contributed by atoms with E-state index in [-0.39, 0.29) is 11.8 Å². The molecule has 0 saturated carbocycles. The van der Waals surface area contributed by atoms with Crippen LogP contribution < -0.4 is 5.32 Å². The second-order valence-electron chi connectivity index (χ2n) is 6.36. The zero-order valence-corrected chi connectivity index (χ0v) is 16.4. The van der Waals surface area contributed by atoms with E-state index in [1.54, 1.807) is 24.3 Å². The van der Waals surface area contributed by atoms with Crippen molar-refractivity contribution in [3.63, 3.8) is 0 Å². The number of guanidine groups is 1. The van der Waals surface area contributed by atoms with Gasteiger partial charge in [-0.1, -0.05) is 55.5 Å². The number of nitrogens with zero attached hydrogens (tertiary/aromatic N) is 2. The van der Waals surface area contributed by atoms with Crippen molar-refractivity contribution in [2.45, 2.75) is 30.8 Å². The minimum atomic E-state index is -3.35. The number of rotatable bonds is 7. The molecule has 0 radical (unpaired) electrons. The molecule has 2 aromatic carbocycles. The molecule has 0 heterocycles. The Morgan fingerprint density at radius 2 is 1.62 bits per heavy atom. The molecule has 0 amide bonds. The average Bonchev–Trinajstić information content (AvgIpc) is 2.65. The molecule has 1 unspecified atom stereocenters. The molecule has 0 fully saturated rings. The average molecular weight is 374 g/mol. The van der Waals surface area contributed by atoms with Gasteiger partial charge >= 0.3 is 0 Å². The molecule has 0 aliphatic heterocycles. The van der Waals surface area contributed by atoms with Crippen molar-refractivity contribution >= 4 is 15.8 Å². The van der Waals surface area contributed by atoms with Gasteiger partial charge in [-0.25, -0.2) is 13.4 Å². The van der Waals surface area contributed by atoms with Gasteiger partial charge in [-0.3, -0.25) is 0 Å². The highest BCUT2D eigenvalue weighted by Crippen LogP contribution is 2.12. The monoisotopic (exact) mass is 373 g/mol. The molecule has 140 valence electrons. The van der Waals surface area contributed by atoms with E-state index in [0.717, 1.165) is 5.56 Å². The Hall–Kier alpha value is -2.34. The molecule has 1 atom stereocenters. The second-order valence-corrected chi connectivity index (χ2v) is 8.40. The summed E-state index contributed by atoms with van der Waals surface area (Å²) in [7, 11) is 0.450. The first-order chi connectivity index (χ1) is 12.4. The van der Waals surface area contributed by atoms with Crippen LogP contribution in [0.15, 0.2) is 70.6 Å². The molecule has 6 heteroatoms. The minimum absolute atomic E-state index is 0.0334. The first-order valence-corrected chi connectivity index (χ1v) is 10.4. The molecule has 0 aromatic heterocycles. The Labute approximate surface area is 156 Å². The van der Waals surface area contributed by atoms with E-state index in [1.165, 1.54) is 0 Å². The van der Waals surface area contributed by atoms with Gasteiger partial charge in [0, 0.05) is 20.1 Å². The van der Waals surface area contributed by atoms with E-state index in [1.807, 2.05) is 62.3 Å². The van der Waals surface area contributed by atoms with Gasteiger partial charge in [-0.2, -0.15) is 0 Å². The van der Waals surface area contributed by atoms with Crippen LogP contribution in [0.2, 0.25) is 0 Å². The third-order valence-electron chi connectivity index (χ3n) is 4.03. The molecular formula is C20H27N3O2S. The van der Waals surface area contributed by atoms with Crippen molar-refractivity contribution < 1.29 is 8.42 Å². The van der Waals surface area contributed by atoms with Crippen molar-refractivity contribution in [2.24, 2.45) is 4.99 Å². The van der Waals surface area contributed by atoms with Gasteiger partial charge in [0.15, 0.2) is 15.8 Å². The summed E-state index contributed by atoms with van der Waals surface area (Å²) < 4.78 is 25.3. The number of nitrogens with one attached hydrogen (secondary N) is 1. The largest absolute Gasteiger partial charge is 0.352 e. The van der Waals surface area contributed by atoms with Crippen LogP contribution in [0.1, 0.15) is 18.9 Å². The Bertz CT molecular complexity index is 803. The van der Waals surface area contributed by atoms with Gasteiger partial charge in [0.1, 0.15) is 0 Å². The summed E-state index contributed by atoms with van der Waals surface area (Å²) in [6.07, 6.45) is 0.685. The number of sulfone groups is 1. The molecule has 0 spiro atoms. The van der Waals surface area contributed by atoms with Crippen LogP contribution in [0.5, 0.6) is 0 Å². The molecular weight excluding hydrogens is 346 g/mol. The topological polar surface area (TPSA) is 61.8 Å². The molecule has 2 rings (SSSR count). The lowest BCUT2D eigenvalue weighted by atomic mass is 10.2. The highest BCUT2D eigenvalue weighted by atomic mass is 32.2. The summed E-state index contributed by atoms with van der Waals surface area (Å²) in [6, 6.07) is 18.3. The van der Waals surface area contributed by atoms with Crippen LogP contribution in [0.25, 0.3) is 0 Å². The van der Waals surface area contributed by atoms with Crippen LogP contribution >= 0.6 is 0 Å². The maximum absolute atomic E-state index is 12.6. The van der Waals surface area contributed by atoms with Crippen molar-refractivity contribution in [1.29, 1.82) is 0 Å². The summed E-state index contributed by atoms with van der Waals surface area (Å²) in [4.78, 5) is 6.85. The van der Waals surface area contributed by atoms with Crippen LogP contribution in [0.3, 0.4) is 0 Å². The lowest BCUT2D eigenvalue weighted by molar-refractivity contribution is 0.529. The quantitative estimate of drug-likeness (QED) is 0.599. The number of benzene rings is 2. The Balaban J connectivity index is 2.10. The first kappa shape index (κ1) is 20.0. The van der Waals surface area contributed by atoms with E-state index < -0.39 is 9.84 Å². The van der Waals surface area contributed by atoms with Gasteiger partial charge in [-0.05, 0) is 24.1 Å². The normalized spacial score (nSPS) is 13.3. The van der Waals surface area contributed by atoms with Crippen LogP contribution in [0, 0.1) is 0 Å². The lowest BCUT2D eigenvalue weighted by Crippen LogP contribution is -2.45. The van der Waals surface area contributed by atoms with Crippen LogP contribution in [-0.2, 0) is 16.4 Å². The predicted molar refractivity (Wildman–Crippen MR) is 107 cm³/mol. The fourth-order valence-electron chi connectivity index (χ4n) is 2.50. The van der Waals surface area contributed by atoms with Crippen molar-refractivity contribution in [3.05, 3.63) is 66.2 Å². The van der Waals surface area contributed by atoms with Gasteiger partial charge in [0.2, 0.25) is 0 Å². The van der Waals surface area contributed by atoms with E-state index in [0.29, 0.717) is 23.8 Å². The standard InChI is InChI=1S/C20H27N3O2S/c1-4-18(16-26(24,25)19-13-9-6-10-14-19)22-20(23(2)3)21-15-17-11-7-5-8-12-17/h5-14,18H,4,15-16H2,1-3H3,(H,21,22). The van der Waals surface area contributed by atoms with Gasteiger partial charge < -0.3 is 10.2 Å². The molecule has 0 aliphatic carbocycles. The number of aliphatic imine (C=N–C) groups is 1. The summed E-state index contributed by atoms with van der Waals surface area (Å²) in [6.45, 7) is 2.52. The Kier molecular flexibility index (Phi) is 7.21. The van der Waals surface area contributed by atoms with Crippen LogP contribution in [-0.4, -0.2) is 45.2 Å². The molecule has 0 saturated heterocycles. The second kappa shape index (κ2) is 9.38. The molecule has 0 aliphatic rings. The minimum Gasteiger partial charge on any atom is -0.352 e. The van der Waals surface area contributed by atoms with Gasteiger partial charge in [0.05, 0.1) is 17.2 Å². The molecule has 5 nitrogen and oxygen atoms in total. The lowest BCUT2D eigenvalue weighted by Gasteiger charge is -2.24. The first-order valence-electron chi connectivity index (χ1n) is 8.72. The van der Waals surface area contributed by atoms with E-state index in [2.05, 4.69) is 10.3 Å². The highest BCUT2D eigenvalue weighted by molar-refractivity contribution is 7.91. The van der Waals surface area contributed by atoms with E-state index in [4.69, 9.17) is 0 Å². The van der Waals surface area contributed by atoms with Gasteiger partial charge in [-0.15, -0.1) is 0 Å². The summed E-state index contributed by atoms with van der Waals surface area (Å²) >= 11 is 0. The smallest absolute Gasteiger partial charge is 0.193 e. The summed E-state index contributed by atoms with van der Waals surface area (Å²) in [5.74, 6) is 0.718. The Morgan fingerprint density at radius 3 is 2.15 bits per heavy atom. The molecule has 1 N–H and O–H groups in total. The summed E-state index contributed by atoms with van der Waals surface area (Å²) in [5, 5.41) is 3.30. The Morgan fingerprint density at radius 1 is 1.04 bits per heavy atom. The predicted octanol–water partition coefficient (Wildman–Crippen LogP) is 2.95. The molecule has 0 bridgehead atoms. The highest BCUT2D eigenvalue weighted by Gasteiger charge is 2.21. The fraction of sp³-hybridized carbons (Fsp3) is 0.350. The van der Waals surface area contributed by atoms with E-state index >= 15 is 0 Å². The van der Waals surface area contributed by atoms with Crippen molar-refractivity contribution in [3.8, 4) is 0 Å². The fourth-order valence-corrected chi connectivity index (χ4v) is 4.11. The maximum atomic E-state index is 12.6. The molecule has 2 aromatic rings. The zero-order valence-electron chi connectivity index (χ0n) is 15.6. The van der Waals surface area contributed by atoms with Gasteiger partial charge in [0.25, 0.3) is 0 Å². The maximum Gasteiger partial charge on any atom is 0.193 e. The molecule has 26 heavy (non-hydrogen) atoms. The number of hydrogen-bond donors (Lipinski definition) is 1. The third kappa shape index (κ3) is 5.88. The van der Waals surface area contributed by atoms with Crippen LogP contribution in [0.4, 0.5) is 0 Å².